The highest BCUT2D eigenvalue weighted by atomic mass is 35.5. The Morgan fingerprint density at radius 2 is 2.19 bits per heavy atom. The minimum atomic E-state index is -3.60. The van der Waals surface area contributed by atoms with Gasteiger partial charge in [0.25, 0.3) is 0 Å². The Hall–Kier alpha value is -0.340. The monoisotopic (exact) mass is 373 g/mol. The van der Waals surface area contributed by atoms with Crippen LogP contribution in [-0.2, 0) is 26.0 Å². The van der Waals surface area contributed by atoms with Gasteiger partial charge in [-0.1, -0.05) is 11.6 Å². The fraction of sp³-hybridized carbons (Fsp3) is 0.583. The molecule has 0 spiro atoms. The van der Waals surface area contributed by atoms with Crippen molar-refractivity contribution < 1.29 is 17.9 Å². The molecule has 5 nitrogen and oxygen atoms in total. The minimum Gasteiger partial charge on any atom is -0.465 e. The first-order valence-corrected chi connectivity index (χ1v) is 9.73. The molecule has 1 unspecified atom stereocenters. The Labute approximate surface area is 138 Å². The van der Waals surface area contributed by atoms with Gasteiger partial charge in [0, 0.05) is 10.8 Å². The lowest BCUT2D eigenvalue weighted by Crippen LogP contribution is -2.43. The summed E-state index contributed by atoms with van der Waals surface area (Å²) in [6, 6.07) is 2.56. The normalized spacial score (nSPS) is 13.1. The zero-order valence-corrected chi connectivity index (χ0v) is 14.6. The number of esters is 1. The summed E-state index contributed by atoms with van der Waals surface area (Å²) < 4.78 is 31.8. The number of ether oxygens (including phenoxy) is 1. The summed E-state index contributed by atoms with van der Waals surface area (Å²) in [5.74, 6) is -0.574. The van der Waals surface area contributed by atoms with E-state index < -0.39 is 22.0 Å². The van der Waals surface area contributed by atoms with Crippen molar-refractivity contribution in [3.8, 4) is 0 Å². The Balaban J connectivity index is 2.61. The van der Waals surface area contributed by atoms with Crippen LogP contribution in [0.25, 0.3) is 0 Å². The van der Waals surface area contributed by atoms with Gasteiger partial charge in [0.2, 0.25) is 10.0 Å². The fourth-order valence-corrected chi connectivity index (χ4v) is 4.26. The van der Waals surface area contributed by atoms with Crippen LogP contribution in [0.5, 0.6) is 0 Å². The molecule has 0 bridgehead atoms. The maximum Gasteiger partial charge on any atom is 0.324 e. The summed E-state index contributed by atoms with van der Waals surface area (Å²) in [4.78, 5) is 12.5. The van der Waals surface area contributed by atoms with Crippen LogP contribution in [0.1, 0.15) is 18.2 Å². The van der Waals surface area contributed by atoms with Crippen molar-refractivity contribution in [1.29, 1.82) is 0 Å². The van der Waals surface area contributed by atoms with Crippen LogP contribution in [0.15, 0.2) is 12.1 Å². The maximum atomic E-state index is 12.0. The number of carbonyl (C=O) groups is 1. The number of sulfonamides is 1. The number of halogens is 2. The first-order valence-electron chi connectivity index (χ1n) is 6.34. The molecule has 1 heterocycles. The highest BCUT2D eigenvalue weighted by Gasteiger charge is 2.25. The summed E-state index contributed by atoms with van der Waals surface area (Å²) in [6.45, 7) is 1.84. The zero-order valence-electron chi connectivity index (χ0n) is 11.5. The van der Waals surface area contributed by atoms with Gasteiger partial charge in [0.1, 0.15) is 6.04 Å². The van der Waals surface area contributed by atoms with Gasteiger partial charge in [-0.3, -0.25) is 4.79 Å². The highest BCUT2D eigenvalue weighted by Crippen LogP contribution is 2.22. The molecule has 0 radical (unpaired) electrons. The van der Waals surface area contributed by atoms with Gasteiger partial charge in [0.15, 0.2) is 0 Å². The van der Waals surface area contributed by atoms with Gasteiger partial charge in [0.05, 0.1) is 16.7 Å². The molecule has 1 aromatic rings. The Morgan fingerprint density at radius 1 is 1.48 bits per heavy atom. The number of thiophene rings is 1. The maximum absolute atomic E-state index is 12.0. The van der Waals surface area contributed by atoms with Crippen LogP contribution < -0.4 is 4.72 Å². The number of hydrogen-bond donors (Lipinski definition) is 1. The molecular formula is C12H17Cl2NO4S2. The molecule has 120 valence electrons. The number of aryl methyl sites for hydroxylation is 1. The smallest absolute Gasteiger partial charge is 0.324 e. The molecular weight excluding hydrogens is 357 g/mol. The lowest BCUT2D eigenvalue weighted by Gasteiger charge is -2.16. The van der Waals surface area contributed by atoms with Crippen molar-refractivity contribution in [3.63, 3.8) is 0 Å². The van der Waals surface area contributed by atoms with E-state index in [1.54, 1.807) is 19.1 Å². The Morgan fingerprint density at radius 3 is 2.71 bits per heavy atom. The molecule has 0 aliphatic rings. The predicted octanol–water partition coefficient (Wildman–Crippen LogP) is 2.42. The molecule has 21 heavy (non-hydrogen) atoms. The second-order valence-electron chi connectivity index (χ2n) is 4.17. The van der Waals surface area contributed by atoms with Crippen molar-refractivity contribution in [2.45, 2.75) is 25.8 Å². The minimum absolute atomic E-state index is 0.123. The number of nitrogens with one attached hydrogen (secondary N) is 1. The van der Waals surface area contributed by atoms with E-state index >= 15 is 0 Å². The average Bonchev–Trinajstić information content (AvgIpc) is 2.82. The van der Waals surface area contributed by atoms with Crippen molar-refractivity contribution in [1.82, 2.24) is 4.72 Å². The van der Waals surface area contributed by atoms with E-state index in [0.717, 1.165) is 4.88 Å². The van der Waals surface area contributed by atoms with Crippen molar-refractivity contribution in [3.05, 3.63) is 21.3 Å². The topological polar surface area (TPSA) is 72.5 Å². The summed E-state index contributed by atoms with van der Waals surface area (Å²) in [5.41, 5.74) is 0. The lowest BCUT2D eigenvalue weighted by molar-refractivity contribution is -0.145. The molecule has 0 fully saturated rings. The van der Waals surface area contributed by atoms with E-state index in [1.165, 1.54) is 11.3 Å². The molecule has 1 atom stereocenters. The van der Waals surface area contributed by atoms with Crippen LogP contribution in [0.4, 0.5) is 0 Å². The average molecular weight is 374 g/mol. The molecule has 0 aromatic carbocycles. The fourth-order valence-electron chi connectivity index (χ4n) is 1.57. The number of hydrogen-bond acceptors (Lipinski definition) is 5. The van der Waals surface area contributed by atoms with Crippen molar-refractivity contribution in [2.24, 2.45) is 0 Å². The number of carbonyl (C=O) groups excluding carboxylic acids is 1. The van der Waals surface area contributed by atoms with E-state index in [0.29, 0.717) is 10.8 Å². The van der Waals surface area contributed by atoms with Crippen LogP contribution in [0.2, 0.25) is 4.34 Å². The van der Waals surface area contributed by atoms with Gasteiger partial charge < -0.3 is 4.74 Å². The second-order valence-corrected chi connectivity index (χ2v) is 8.23. The van der Waals surface area contributed by atoms with Crippen LogP contribution >= 0.6 is 34.5 Å². The third-order valence-corrected chi connectivity index (χ3v) is 5.43. The quantitative estimate of drug-likeness (QED) is 0.532. The van der Waals surface area contributed by atoms with Gasteiger partial charge in [-0.05, 0) is 31.9 Å². The SMILES string of the molecule is CCOC(=O)C(CCCl)NS(=O)(=O)CCc1ccc(Cl)s1. The summed E-state index contributed by atoms with van der Waals surface area (Å²) >= 11 is 12.7. The molecule has 1 N–H and O–H groups in total. The van der Waals surface area contributed by atoms with E-state index in [4.69, 9.17) is 27.9 Å². The van der Waals surface area contributed by atoms with Gasteiger partial charge >= 0.3 is 5.97 Å². The number of alkyl halides is 1. The summed E-state index contributed by atoms with van der Waals surface area (Å²) in [5, 5.41) is 0. The largest absolute Gasteiger partial charge is 0.465 e. The van der Waals surface area contributed by atoms with Gasteiger partial charge in [-0.15, -0.1) is 22.9 Å². The van der Waals surface area contributed by atoms with E-state index in [2.05, 4.69) is 4.72 Å². The molecule has 0 aliphatic heterocycles. The molecule has 1 aromatic heterocycles. The van der Waals surface area contributed by atoms with E-state index in [-0.39, 0.29) is 24.7 Å². The molecule has 1 rings (SSSR count). The van der Waals surface area contributed by atoms with Gasteiger partial charge in [-0.25, -0.2) is 13.1 Å². The van der Waals surface area contributed by atoms with Crippen LogP contribution in [-0.4, -0.2) is 38.7 Å². The van der Waals surface area contributed by atoms with Gasteiger partial charge in [-0.2, -0.15) is 0 Å². The molecule has 0 saturated carbocycles. The Bertz CT molecular complexity index is 559. The highest BCUT2D eigenvalue weighted by molar-refractivity contribution is 7.89. The summed E-state index contributed by atoms with van der Waals surface area (Å²) in [6.07, 6.45) is 0.521. The third kappa shape index (κ3) is 6.97. The standard InChI is InChI=1S/C12H17Cl2NO4S2/c1-2-19-12(16)10(5-7-13)15-21(17,18)8-6-9-3-4-11(14)20-9/h3-4,10,15H,2,5-8H2,1H3. The molecule has 0 saturated heterocycles. The molecule has 0 amide bonds. The first kappa shape index (κ1) is 18.7. The van der Waals surface area contributed by atoms with Crippen molar-refractivity contribution in [2.75, 3.05) is 18.2 Å². The van der Waals surface area contributed by atoms with E-state index in [9.17, 15) is 13.2 Å². The lowest BCUT2D eigenvalue weighted by atomic mass is 10.2. The van der Waals surface area contributed by atoms with Crippen molar-refractivity contribution >= 4 is 50.5 Å². The first-order chi connectivity index (χ1) is 9.88. The van der Waals surface area contributed by atoms with E-state index in [1.807, 2.05) is 0 Å². The van der Waals surface area contributed by atoms with Crippen LogP contribution in [0.3, 0.4) is 0 Å². The predicted molar refractivity (Wildman–Crippen MR) is 85.7 cm³/mol. The van der Waals surface area contributed by atoms with Crippen LogP contribution in [0, 0.1) is 0 Å². The third-order valence-electron chi connectivity index (χ3n) is 2.54. The molecule has 9 heteroatoms. The number of rotatable bonds is 9. The second kappa shape index (κ2) is 8.95. The molecule has 0 aliphatic carbocycles. The Kier molecular flexibility index (Phi) is 7.97. The zero-order chi connectivity index (χ0) is 15.9. The summed E-state index contributed by atoms with van der Waals surface area (Å²) in [7, 11) is -3.60.